The van der Waals surface area contributed by atoms with Crippen molar-refractivity contribution in [2.24, 2.45) is 0 Å². The zero-order chi connectivity index (χ0) is 20.9. The zero-order valence-electron chi connectivity index (χ0n) is 17.3. The average molecular weight is 401 g/mol. The lowest BCUT2D eigenvalue weighted by Gasteiger charge is -2.32. The van der Waals surface area contributed by atoms with E-state index in [0.29, 0.717) is 11.6 Å². The van der Waals surface area contributed by atoms with E-state index < -0.39 is 6.04 Å². The van der Waals surface area contributed by atoms with Crippen LogP contribution < -0.4 is 5.32 Å². The Morgan fingerprint density at radius 2 is 1.68 bits per heavy atom. The van der Waals surface area contributed by atoms with E-state index in [1.807, 2.05) is 64.1 Å². The monoisotopic (exact) mass is 400 g/mol. The van der Waals surface area contributed by atoms with E-state index in [-0.39, 0.29) is 23.8 Å². The third-order valence-electron chi connectivity index (χ3n) is 4.54. The summed E-state index contributed by atoms with van der Waals surface area (Å²) in [5, 5.41) is 3.61. The molecule has 5 heteroatoms. The molecular weight excluding hydrogens is 372 g/mol. The molecule has 0 radical (unpaired) electrons. The highest BCUT2D eigenvalue weighted by Gasteiger charge is 2.28. The predicted octanol–water partition coefficient (Wildman–Crippen LogP) is 4.52. The van der Waals surface area contributed by atoms with Gasteiger partial charge in [0.05, 0.1) is 6.42 Å². The number of carbonyl (C=O) groups excluding carboxylic acids is 2. The lowest BCUT2D eigenvalue weighted by Crippen LogP contribution is -2.52. The fourth-order valence-electron chi connectivity index (χ4n) is 2.91. The molecule has 0 saturated carbocycles. The molecule has 0 saturated heterocycles. The van der Waals surface area contributed by atoms with Crippen molar-refractivity contribution in [1.82, 2.24) is 10.2 Å². The quantitative estimate of drug-likeness (QED) is 0.774. The number of nitrogens with zero attached hydrogens (tertiary/aromatic N) is 1. The summed E-state index contributed by atoms with van der Waals surface area (Å²) in [6.07, 6.45) is 0.218. The van der Waals surface area contributed by atoms with Gasteiger partial charge in [0, 0.05) is 17.1 Å². The van der Waals surface area contributed by atoms with E-state index in [2.05, 4.69) is 5.32 Å². The van der Waals surface area contributed by atoms with E-state index in [1.165, 1.54) is 0 Å². The topological polar surface area (TPSA) is 49.4 Å². The minimum absolute atomic E-state index is 0.0952. The fraction of sp³-hybridized carbons (Fsp3) is 0.391. The fourth-order valence-corrected chi connectivity index (χ4v) is 3.03. The van der Waals surface area contributed by atoms with E-state index >= 15 is 0 Å². The van der Waals surface area contributed by atoms with Crippen LogP contribution in [0.2, 0.25) is 5.02 Å². The SMILES string of the molecule is Cc1ccccc1CN(C(=O)Cc1ccc(Cl)cc1)[C@H](C)C(=O)NC(C)(C)C. The van der Waals surface area contributed by atoms with Crippen LogP contribution in [0.25, 0.3) is 0 Å². The van der Waals surface area contributed by atoms with E-state index in [0.717, 1.165) is 16.7 Å². The van der Waals surface area contributed by atoms with Gasteiger partial charge >= 0.3 is 0 Å². The number of hydrogen-bond donors (Lipinski definition) is 1. The number of nitrogens with one attached hydrogen (secondary N) is 1. The Morgan fingerprint density at radius 1 is 1.07 bits per heavy atom. The van der Waals surface area contributed by atoms with Crippen LogP contribution in [0.15, 0.2) is 48.5 Å². The number of benzene rings is 2. The van der Waals surface area contributed by atoms with Gasteiger partial charge in [-0.05, 0) is 63.4 Å². The summed E-state index contributed by atoms with van der Waals surface area (Å²) in [7, 11) is 0. The first-order valence-electron chi connectivity index (χ1n) is 9.47. The number of halogens is 1. The normalized spacial score (nSPS) is 12.4. The highest BCUT2D eigenvalue weighted by atomic mass is 35.5. The summed E-state index contributed by atoms with van der Waals surface area (Å²) in [5.74, 6) is -0.257. The van der Waals surface area contributed by atoms with Crippen LogP contribution in [0.3, 0.4) is 0 Å². The third kappa shape index (κ3) is 6.38. The Bertz CT molecular complexity index is 825. The predicted molar refractivity (Wildman–Crippen MR) is 114 cm³/mol. The van der Waals surface area contributed by atoms with Crippen molar-refractivity contribution in [2.45, 2.75) is 59.2 Å². The molecule has 1 atom stereocenters. The van der Waals surface area contributed by atoms with E-state index in [1.54, 1.807) is 24.0 Å². The van der Waals surface area contributed by atoms with Crippen molar-refractivity contribution in [3.05, 3.63) is 70.2 Å². The van der Waals surface area contributed by atoms with E-state index in [4.69, 9.17) is 11.6 Å². The number of carbonyl (C=O) groups is 2. The molecule has 0 heterocycles. The second kappa shape index (κ2) is 9.24. The third-order valence-corrected chi connectivity index (χ3v) is 4.79. The van der Waals surface area contributed by atoms with Gasteiger partial charge in [-0.1, -0.05) is 48.0 Å². The molecular formula is C23H29ClN2O2. The molecule has 2 aromatic rings. The van der Waals surface area contributed by atoms with Crippen LogP contribution >= 0.6 is 11.6 Å². The van der Waals surface area contributed by atoms with Crippen LogP contribution in [0.1, 0.15) is 44.4 Å². The lowest BCUT2D eigenvalue weighted by molar-refractivity contribution is -0.140. The van der Waals surface area contributed by atoms with Crippen LogP contribution in [0.5, 0.6) is 0 Å². The van der Waals surface area contributed by atoms with Crippen LogP contribution in [-0.4, -0.2) is 28.3 Å². The second-order valence-electron chi connectivity index (χ2n) is 8.17. The number of hydrogen-bond acceptors (Lipinski definition) is 2. The van der Waals surface area contributed by atoms with Crippen molar-refractivity contribution in [3.63, 3.8) is 0 Å². The van der Waals surface area contributed by atoms with Crippen molar-refractivity contribution in [2.75, 3.05) is 0 Å². The lowest BCUT2D eigenvalue weighted by atomic mass is 10.0. The first kappa shape index (κ1) is 22.0. The maximum atomic E-state index is 13.1. The number of amides is 2. The van der Waals surface area contributed by atoms with Crippen LogP contribution in [0, 0.1) is 6.92 Å². The highest BCUT2D eigenvalue weighted by molar-refractivity contribution is 6.30. The Morgan fingerprint density at radius 3 is 2.25 bits per heavy atom. The van der Waals surface area contributed by atoms with Gasteiger partial charge < -0.3 is 10.2 Å². The van der Waals surface area contributed by atoms with Crippen LogP contribution in [0.4, 0.5) is 0 Å². The van der Waals surface area contributed by atoms with Gasteiger partial charge in [-0.3, -0.25) is 9.59 Å². The highest BCUT2D eigenvalue weighted by Crippen LogP contribution is 2.17. The zero-order valence-corrected chi connectivity index (χ0v) is 18.0. The smallest absolute Gasteiger partial charge is 0.242 e. The van der Waals surface area contributed by atoms with Gasteiger partial charge in [0.25, 0.3) is 0 Å². The van der Waals surface area contributed by atoms with Gasteiger partial charge in [0.1, 0.15) is 6.04 Å². The van der Waals surface area contributed by atoms with Gasteiger partial charge in [0.2, 0.25) is 11.8 Å². The molecule has 4 nitrogen and oxygen atoms in total. The second-order valence-corrected chi connectivity index (χ2v) is 8.60. The summed E-state index contributed by atoms with van der Waals surface area (Å²) >= 11 is 5.94. The molecule has 1 N–H and O–H groups in total. The molecule has 0 spiro atoms. The molecule has 28 heavy (non-hydrogen) atoms. The largest absolute Gasteiger partial charge is 0.350 e. The molecule has 0 fully saturated rings. The molecule has 0 unspecified atom stereocenters. The molecule has 0 aliphatic rings. The maximum Gasteiger partial charge on any atom is 0.242 e. The molecule has 2 rings (SSSR count). The summed E-state index contributed by atoms with van der Waals surface area (Å²) in [4.78, 5) is 27.5. The summed E-state index contributed by atoms with van der Waals surface area (Å²) in [6, 6.07) is 14.6. The number of aryl methyl sites for hydroxylation is 1. The van der Waals surface area contributed by atoms with Gasteiger partial charge in [-0.15, -0.1) is 0 Å². The Hall–Kier alpha value is -2.33. The first-order chi connectivity index (χ1) is 13.1. The summed E-state index contributed by atoms with van der Waals surface area (Å²) in [5.41, 5.74) is 2.63. The average Bonchev–Trinajstić information content (AvgIpc) is 2.61. The minimum atomic E-state index is -0.585. The molecule has 0 aliphatic carbocycles. The van der Waals surface area contributed by atoms with Gasteiger partial charge in [0.15, 0.2) is 0 Å². The molecule has 150 valence electrons. The van der Waals surface area contributed by atoms with Gasteiger partial charge in [-0.2, -0.15) is 0 Å². The van der Waals surface area contributed by atoms with Crippen molar-refractivity contribution < 1.29 is 9.59 Å². The Kier molecular flexibility index (Phi) is 7.25. The van der Waals surface area contributed by atoms with Crippen molar-refractivity contribution in [1.29, 1.82) is 0 Å². The molecule has 0 aliphatic heterocycles. The van der Waals surface area contributed by atoms with Crippen molar-refractivity contribution in [3.8, 4) is 0 Å². The number of rotatable bonds is 6. The van der Waals surface area contributed by atoms with Gasteiger partial charge in [-0.25, -0.2) is 0 Å². The van der Waals surface area contributed by atoms with Crippen molar-refractivity contribution >= 4 is 23.4 Å². The van der Waals surface area contributed by atoms with Crippen LogP contribution in [-0.2, 0) is 22.6 Å². The Labute approximate surface area is 172 Å². The molecule has 0 aromatic heterocycles. The molecule has 2 aromatic carbocycles. The summed E-state index contributed by atoms with van der Waals surface area (Å²) < 4.78 is 0. The minimum Gasteiger partial charge on any atom is -0.350 e. The maximum absolute atomic E-state index is 13.1. The summed E-state index contributed by atoms with van der Waals surface area (Å²) in [6.45, 7) is 9.96. The standard InChI is InChI=1S/C23H29ClN2O2/c1-16-8-6-7-9-19(16)15-26(17(2)22(28)25-23(3,4)5)21(27)14-18-10-12-20(24)13-11-18/h6-13,17H,14-15H2,1-5H3,(H,25,28)/t17-/m1/s1. The molecule has 0 bridgehead atoms. The Balaban J connectivity index is 2.26. The first-order valence-corrected chi connectivity index (χ1v) is 9.85. The van der Waals surface area contributed by atoms with E-state index in [9.17, 15) is 9.59 Å². The molecule has 2 amide bonds.